The fourth-order valence-corrected chi connectivity index (χ4v) is 7.52. The van der Waals surface area contributed by atoms with Crippen LogP contribution in [0.2, 0.25) is 0 Å². The lowest BCUT2D eigenvalue weighted by atomic mass is 9.84. The highest BCUT2D eigenvalue weighted by Gasteiger charge is 2.35. The number of likely N-dealkylation sites (N-methyl/N-ethyl adjacent to an activating group) is 1. The van der Waals surface area contributed by atoms with E-state index in [1.807, 2.05) is 0 Å². The first-order valence-electron chi connectivity index (χ1n) is 8.48. The first kappa shape index (κ1) is 24.3. The number of carbonyl (C=O) groups excluding carboxylic acids is 1. The lowest BCUT2D eigenvalue weighted by Crippen LogP contribution is -2.47. The Bertz CT molecular complexity index is 655. The molecule has 2 N–H and O–H groups in total. The highest BCUT2D eigenvalue weighted by molar-refractivity contribution is 14.2. The van der Waals surface area contributed by atoms with Crippen molar-refractivity contribution in [1.29, 1.82) is 0 Å². The molecule has 0 radical (unpaired) electrons. The summed E-state index contributed by atoms with van der Waals surface area (Å²) in [7, 11) is 0. The van der Waals surface area contributed by atoms with Crippen molar-refractivity contribution in [3.63, 3.8) is 0 Å². The van der Waals surface area contributed by atoms with Gasteiger partial charge in [-0.2, -0.15) is 0 Å². The maximum absolute atomic E-state index is 13.0. The molecule has 0 saturated heterocycles. The van der Waals surface area contributed by atoms with Crippen LogP contribution >= 0.6 is 66.3 Å². The van der Waals surface area contributed by atoms with Gasteiger partial charge in [0.25, 0.3) is 0 Å². The van der Waals surface area contributed by atoms with Crippen molar-refractivity contribution >= 4 is 80.2 Å². The summed E-state index contributed by atoms with van der Waals surface area (Å²) in [5.74, 6) is 0.409. The Labute approximate surface area is 188 Å². The van der Waals surface area contributed by atoms with Gasteiger partial charge >= 0.3 is 0 Å². The number of hydrogen-bond acceptors (Lipinski definition) is 3. The van der Waals surface area contributed by atoms with Crippen LogP contribution in [0.3, 0.4) is 0 Å². The van der Waals surface area contributed by atoms with Gasteiger partial charge in [-0.05, 0) is 36.8 Å². The van der Waals surface area contributed by atoms with Gasteiger partial charge in [0.2, 0.25) is 5.91 Å². The molecule has 26 heavy (non-hydrogen) atoms. The minimum atomic E-state index is -0.0257. The number of fused-ring (bicyclic) bond motifs is 2. The first-order valence-corrected chi connectivity index (χ1v) is 13.7. The predicted octanol–water partition coefficient (Wildman–Crippen LogP) is 3.14. The van der Waals surface area contributed by atoms with Gasteiger partial charge in [0.05, 0.1) is 6.04 Å². The van der Waals surface area contributed by atoms with Crippen LogP contribution in [0.15, 0.2) is 33.1 Å². The fraction of sp³-hybridized carbons (Fsp3) is 0.500. The molecule has 0 aromatic heterocycles. The minimum absolute atomic E-state index is 0. The molecule has 0 spiro atoms. The van der Waals surface area contributed by atoms with Crippen molar-refractivity contribution in [1.82, 2.24) is 15.5 Å². The van der Waals surface area contributed by atoms with Gasteiger partial charge in [-0.25, -0.2) is 0 Å². The molecule has 0 saturated carbocycles. The van der Waals surface area contributed by atoms with Crippen molar-refractivity contribution in [3.05, 3.63) is 33.1 Å². The quantitative estimate of drug-likeness (QED) is 0.352. The Morgan fingerprint density at radius 1 is 1.35 bits per heavy atom. The summed E-state index contributed by atoms with van der Waals surface area (Å²) >= 11 is 0.0245. The molecule has 0 fully saturated rings. The Hall–Kier alpha value is 0.230. The third-order valence-electron chi connectivity index (χ3n) is 4.64. The van der Waals surface area contributed by atoms with Gasteiger partial charge in [0.15, 0.2) is 0 Å². The zero-order chi connectivity index (χ0) is 16.9. The van der Waals surface area contributed by atoms with Crippen molar-refractivity contribution in [2.75, 3.05) is 30.6 Å². The second kappa shape index (κ2) is 11.9. The van der Waals surface area contributed by atoms with Crippen LogP contribution in [0, 0.1) is 5.92 Å². The molecule has 0 aromatic rings. The van der Waals surface area contributed by atoms with Gasteiger partial charge in [-0.3, -0.25) is 4.79 Å². The first-order chi connectivity index (χ1) is 11.7. The summed E-state index contributed by atoms with van der Waals surface area (Å²) in [4.78, 5) is 15.3. The Morgan fingerprint density at radius 2 is 2.12 bits per heavy atom. The molecule has 8 heteroatoms. The summed E-state index contributed by atoms with van der Waals surface area (Å²) in [6.45, 7) is 8.05. The van der Waals surface area contributed by atoms with Gasteiger partial charge < -0.3 is 15.5 Å². The van der Waals surface area contributed by atoms with Crippen LogP contribution in [0.4, 0.5) is 0 Å². The molecular weight excluding hydrogens is 599 g/mol. The fourth-order valence-electron chi connectivity index (χ4n) is 3.21. The van der Waals surface area contributed by atoms with Crippen molar-refractivity contribution in [2.45, 2.75) is 19.9 Å². The predicted molar refractivity (Wildman–Crippen MR) is 135 cm³/mol. The summed E-state index contributed by atoms with van der Waals surface area (Å²) in [6, 6.07) is 0.252. The number of carbonyl (C=O) groups is 1. The molecule has 0 aromatic carbocycles. The molecule has 1 amide bonds. The van der Waals surface area contributed by atoms with E-state index in [0.29, 0.717) is 0 Å². The van der Waals surface area contributed by atoms with Gasteiger partial charge in [-0.1, -0.05) is 40.7 Å². The summed E-state index contributed by atoms with van der Waals surface area (Å²) < 4.78 is 8.09. The smallest absolute Gasteiger partial charge is 0.248 e. The molecule has 2 atom stereocenters. The average Bonchev–Trinajstić information content (AvgIpc) is 2.63. The monoisotopic (exact) mass is 625 g/mol. The topological polar surface area (TPSA) is 44.4 Å². The van der Waals surface area contributed by atoms with Crippen LogP contribution in [-0.4, -0.2) is 55.5 Å². The molecular formula is C18H27Cl2I2N3O. The molecule has 0 aliphatic carbocycles. The molecule has 2 unspecified atom stereocenters. The molecule has 3 rings (SSSR count). The lowest BCUT2D eigenvalue weighted by Gasteiger charge is -2.36. The van der Waals surface area contributed by atoms with Crippen molar-refractivity contribution in [3.8, 4) is 0 Å². The van der Waals surface area contributed by atoms with Crippen molar-refractivity contribution < 1.29 is 4.79 Å². The maximum atomic E-state index is 13.0. The third kappa shape index (κ3) is 5.62. The van der Waals surface area contributed by atoms with E-state index < -0.39 is 0 Å². The molecule has 4 nitrogen and oxygen atoms in total. The largest absolute Gasteiger partial charge is 0.378 e. The van der Waals surface area contributed by atoms with Crippen LogP contribution in [-0.2, 0) is 4.79 Å². The highest BCUT2D eigenvalue weighted by atomic mass is 127. The number of hydrogen-bond donors (Lipinski definition) is 2. The minimum Gasteiger partial charge on any atom is -0.378 e. The van der Waals surface area contributed by atoms with E-state index in [1.165, 1.54) is 11.3 Å². The van der Waals surface area contributed by atoms with E-state index in [2.05, 4.69) is 53.6 Å². The number of alkyl halides is 1. The summed E-state index contributed by atoms with van der Waals surface area (Å²) in [6.07, 6.45) is 4.46. The number of nitrogens with zero attached hydrogens (tertiary/aromatic N) is 1. The van der Waals surface area contributed by atoms with E-state index in [0.717, 1.165) is 36.2 Å². The zero-order valence-corrected chi connectivity index (χ0v) is 21.0. The summed E-state index contributed by atoms with van der Waals surface area (Å²) in [5, 5.41) is 6.83. The van der Waals surface area contributed by atoms with Crippen LogP contribution < -0.4 is 10.6 Å². The lowest BCUT2D eigenvalue weighted by molar-refractivity contribution is -0.118. The Morgan fingerprint density at radius 3 is 2.85 bits per heavy atom. The normalized spacial score (nSPS) is 23.1. The van der Waals surface area contributed by atoms with Gasteiger partial charge in [-0.15, -0.1) is 45.5 Å². The maximum Gasteiger partial charge on any atom is 0.248 e. The van der Waals surface area contributed by atoms with E-state index in [1.54, 1.807) is 0 Å². The Balaban J connectivity index is 0.00000169. The SMILES string of the molecule is CCN(CC)CCNC(=O)C1=C2CI=CC=C2NC2C=CI=CC12.Cl.Cl. The second-order valence-electron chi connectivity index (χ2n) is 5.94. The van der Waals surface area contributed by atoms with Crippen LogP contribution in [0.25, 0.3) is 0 Å². The number of allylic oxidation sites excluding steroid dienone is 2. The number of nitrogens with one attached hydrogen (secondary N) is 2. The molecule has 0 bridgehead atoms. The zero-order valence-electron chi connectivity index (χ0n) is 15.0. The van der Waals surface area contributed by atoms with Crippen molar-refractivity contribution in [2.24, 2.45) is 5.92 Å². The number of rotatable bonds is 6. The van der Waals surface area contributed by atoms with Crippen LogP contribution in [0.1, 0.15) is 13.8 Å². The standard InChI is InChI=1S/C18H25I2N3O.2ClH/c1-3-23(4-2)10-9-21-18(24)17-13-11-19-7-5-15(13)22-16-6-8-20-12-14(16)17;;/h5-8,11,13,15,22H,3-4,9-10,12H2,1-2H3,(H,21,24);2*1H. The second-order valence-corrected chi connectivity index (χ2v) is 10.5. The van der Waals surface area contributed by atoms with E-state index in [9.17, 15) is 4.79 Å². The van der Waals surface area contributed by atoms with E-state index in [4.69, 9.17) is 0 Å². The van der Waals surface area contributed by atoms with Crippen LogP contribution in [0.5, 0.6) is 0 Å². The average molecular weight is 626 g/mol. The van der Waals surface area contributed by atoms with E-state index in [-0.39, 0.29) is 84.1 Å². The molecule has 3 aliphatic rings. The molecule has 3 aliphatic heterocycles. The summed E-state index contributed by atoms with van der Waals surface area (Å²) in [5.41, 5.74) is 3.50. The Kier molecular flexibility index (Phi) is 11.1. The number of amides is 1. The highest BCUT2D eigenvalue weighted by Crippen LogP contribution is 2.35. The molecule has 3 heterocycles. The van der Waals surface area contributed by atoms with Gasteiger partial charge in [0.1, 0.15) is 0 Å². The van der Waals surface area contributed by atoms with E-state index >= 15 is 0 Å². The number of halogens is 4. The molecule has 148 valence electrons. The van der Waals surface area contributed by atoms with Gasteiger partial charge in [0, 0.05) is 34.7 Å². The third-order valence-corrected chi connectivity index (χ3v) is 8.73.